The first-order valence-corrected chi connectivity index (χ1v) is 6.48. The molecule has 17 heavy (non-hydrogen) atoms. The van der Waals surface area contributed by atoms with Crippen molar-refractivity contribution >= 4 is 22.4 Å². The van der Waals surface area contributed by atoms with Gasteiger partial charge in [0.05, 0.1) is 0 Å². The highest BCUT2D eigenvalue weighted by atomic mass is 32.1. The van der Waals surface area contributed by atoms with Crippen molar-refractivity contribution < 1.29 is 4.79 Å². The summed E-state index contributed by atoms with van der Waals surface area (Å²) in [5.74, 6) is -0.199. The van der Waals surface area contributed by atoms with Gasteiger partial charge in [-0.2, -0.15) is 0 Å². The van der Waals surface area contributed by atoms with E-state index in [0.29, 0.717) is 28.8 Å². The predicted molar refractivity (Wildman–Crippen MR) is 66.9 cm³/mol. The third kappa shape index (κ3) is 3.13. The van der Waals surface area contributed by atoms with Crippen LogP contribution in [-0.2, 0) is 0 Å². The molecule has 1 aliphatic carbocycles. The molecule has 6 nitrogen and oxygen atoms in total. The zero-order chi connectivity index (χ0) is 12.4. The van der Waals surface area contributed by atoms with E-state index in [9.17, 15) is 4.79 Å². The Labute approximate surface area is 104 Å². The highest BCUT2D eigenvalue weighted by molar-refractivity contribution is 7.16. The summed E-state index contributed by atoms with van der Waals surface area (Å²) in [5, 5.41) is 10.8. The maximum absolute atomic E-state index is 11.7. The van der Waals surface area contributed by atoms with Crippen molar-refractivity contribution in [2.45, 2.75) is 31.8 Å². The van der Waals surface area contributed by atoms with E-state index in [0.717, 1.165) is 11.3 Å². The van der Waals surface area contributed by atoms with Crippen molar-refractivity contribution in [2.75, 3.05) is 19.3 Å². The number of hydrogen-bond acceptors (Lipinski definition) is 6. The molecule has 1 saturated carbocycles. The number of nitrogens with two attached hydrogens (primary N) is 1. The van der Waals surface area contributed by atoms with Gasteiger partial charge < -0.3 is 11.1 Å². The molecule has 0 spiro atoms. The molecule has 2 rings (SSSR count). The van der Waals surface area contributed by atoms with Crippen molar-refractivity contribution in [2.24, 2.45) is 0 Å². The Morgan fingerprint density at radius 2 is 2.35 bits per heavy atom. The fraction of sp³-hybridized carbons (Fsp3) is 0.700. The third-order valence-corrected chi connectivity index (χ3v) is 3.76. The van der Waals surface area contributed by atoms with Crippen LogP contribution in [0.5, 0.6) is 0 Å². The Morgan fingerprint density at radius 1 is 1.65 bits per heavy atom. The second-order valence-electron chi connectivity index (χ2n) is 4.40. The summed E-state index contributed by atoms with van der Waals surface area (Å²) in [5.41, 5.74) is 5.43. The smallest absolute Gasteiger partial charge is 0.282 e. The summed E-state index contributed by atoms with van der Waals surface area (Å²) < 4.78 is 0. The normalized spacial score (nSPS) is 17.1. The van der Waals surface area contributed by atoms with E-state index in [1.807, 2.05) is 0 Å². The number of nitrogens with zero attached hydrogens (tertiary/aromatic N) is 3. The van der Waals surface area contributed by atoms with Gasteiger partial charge in [0.15, 0.2) is 0 Å². The number of hydrogen-bond donors (Lipinski definition) is 2. The molecular weight excluding hydrogens is 238 g/mol. The summed E-state index contributed by atoms with van der Waals surface area (Å²) in [7, 11) is 2.09. The van der Waals surface area contributed by atoms with Crippen molar-refractivity contribution in [3.05, 3.63) is 5.01 Å². The molecule has 0 saturated heterocycles. The van der Waals surface area contributed by atoms with Gasteiger partial charge in [-0.05, 0) is 26.8 Å². The standard InChI is InChI=1S/C10H17N5OS/c1-6(15(2)7-3-4-7)5-12-8(16)9-13-14-10(11)17-9/h6-7H,3-5H2,1-2H3,(H2,11,14)(H,12,16). The van der Waals surface area contributed by atoms with Gasteiger partial charge in [0.1, 0.15) is 0 Å². The molecule has 1 aromatic heterocycles. The monoisotopic (exact) mass is 255 g/mol. The van der Waals surface area contributed by atoms with Crippen molar-refractivity contribution in [3.8, 4) is 0 Å². The van der Waals surface area contributed by atoms with Gasteiger partial charge in [0, 0.05) is 18.6 Å². The van der Waals surface area contributed by atoms with Crippen molar-refractivity contribution in [3.63, 3.8) is 0 Å². The molecule has 0 radical (unpaired) electrons. The maximum Gasteiger partial charge on any atom is 0.282 e. The van der Waals surface area contributed by atoms with Crippen molar-refractivity contribution in [1.29, 1.82) is 0 Å². The van der Waals surface area contributed by atoms with Crippen LogP contribution in [0.1, 0.15) is 29.6 Å². The maximum atomic E-state index is 11.7. The van der Waals surface area contributed by atoms with Gasteiger partial charge in [0.25, 0.3) is 5.91 Å². The molecule has 0 aliphatic heterocycles. The zero-order valence-corrected chi connectivity index (χ0v) is 10.8. The Morgan fingerprint density at radius 3 is 2.88 bits per heavy atom. The Kier molecular flexibility index (Phi) is 3.58. The molecule has 94 valence electrons. The molecule has 1 fully saturated rings. The van der Waals surface area contributed by atoms with E-state index in [1.165, 1.54) is 12.8 Å². The molecular formula is C10H17N5OS. The van der Waals surface area contributed by atoms with E-state index in [2.05, 4.69) is 34.4 Å². The fourth-order valence-corrected chi connectivity index (χ4v) is 2.15. The first-order chi connectivity index (χ1) is 8.08. The molecule has 0 aromatic carbocycles. The minimum absolute atomic E-state index is 0.199. The van der Waals surface area contributed by atoms with Crippen LogP contribution < -0.4 is 11.1 Å². The molecule has 1 heterocycles. The minimum Gasteiger partial charge on any atom is -0.374 e. The Bertz CT molecular complexity index is 403. The van der Waals surface area contributed by atoms with Gasteiger partial charge in [0.2, 0.25) is 10.1 Å². The van der Waals surface area contributed by atoms with E-state index in [1.54, 1.807) is 0 Å². The van der Waals surface area contributed by atoms with E-state index in [4.69, 9.17) is 5.73 Å². The zero-order valence-electron chi connectivity index (χ0n) is 10.0. The lowest BCUT2D eigenvalue weighted by Crippen LogP contribution is -2.41. The Balaban J connectivity index is 1.79. The second-order valence-corrected chi connectivity index (χ2v) is 5.41. The first-order valence-electron chi connectivity index (χ1n) is 5.67. The number of nitrogen functional groups attached to an aromatic ring is 1. The SMILES string of the molecule is CC(CNC(=O)c1nnc(N)s1)N(C)C1CC1. The average Bonchev–Trinajstić information content (AvgIpc) is 3.07. The second kappa shape index (κ2) is 4.97. The number of anilines is 1. The van der Waals surface area contributed by atoms with Gasteiger partial charge >= 0.3 is 0 Å². The van der Waals surface area contributed by atoms with Crippen molar-refractivity contribution in [1.82, 2.24) is 20.4 Å². The summed E-state index contributed by atoms with van der Waals surface area (Å²) in [6.07, 6.45) is 2.53. The van der Waals surface area contributed by atoms with E-state index in [-0.39, 0.29) is 5.91 Å². The van der Waals surface area contributed by atoms with Crippen LogP contribution in [0.15, 0.2) is 0 Å². The number of rotatable bonds is 5. The highest BCUT2D eigenvalue weighted by Crippen LogP contribution is 2.26. The lowest BCUT2D eigenvalue weighted by Gasteiger charge is -2.24. The van der Waals surface area contributed by atoms with E-state index >= 15 is 0 Å². The third-order valence-electron chi connectivity index (χ3n) is 3.01. The highest BCUT2D eigenvalue weighted by Gasteiger charge is 2.29. The topological polar surface area (TPSA) is 84.1 Å². The number of carbonyl (C=O) groups excluding carboxylic acids is 1. The Hall–Kier alpha value is -1.21. The van der Waals surface area contributed by atoms with Crippen LogP contribution >= 0.6 is 11.3 Å². The van der Waals surface area contributed by atoms with Crippen LogP contribution in [0.25, 0.3) is 0 Å². The molecule has 0 bridgehead atoms. The van der Waals surface area contributed by atoms with Gasteiger partial charge in [-0.1, -0.05) is 11.3 Å². The quantitative estimate of drug-likeness (QED) is 0.792. The molecule has 1 aliphatic rings. The van der Waals surface area contributed by atoms with Crippen LogP contribution in [0.2, 0.25) is 0 Å². The summed E-state index contributed by atoms with van der Waals surface area (Å²) in [6, 6.07) is 1.02. The number of aromatic nitrogens is 2. The number of nitrogens with one attached hydrogen (secondary N) is 1. The van der Waals surface area contributed by atoms with Gasteiger partial charge in [-0.15, -0.1) is 10.2 Å². The lowest BCUT2D eigenvalue weighted by molar-refractivity contribution is 0.0938. The summed E-state index contributed by atoms with van der Waals surface area (Å²) in [6.45, 7) is 2.72. The number of amides is 1. The predicted octanol–water partition coefficient (Wildman–Crippen LogP) is 0.333. The molecule has 7 heteroatoms. The fourth-order valence-electron chi connectivity index (χ4n) is 1.63. The summed E-state index contributed by atoms with van der Waals surface area (Å²) in [4.78, 5) is 14.0. The minimum atomic E-state index is -0.199. The number of likely N-dealkylation sites (N-methyl/N-ethyl adjacent to an activating group) is 1. The summed E-state index contributed by atoms with van der Waals surface area (Å²) >= 11 is 1.10. The van der Waals surface area contributed by atoms with Gasteiger partial charge in [-0.25, -0.2) is 0 Å². The molecule has 1 atom stereocenters. The largest absolute Gasteiger partial charge is 0.374 e. The number of carbonyl (C=O) groups is 1. The molecule has 1 amide bonds. The van der Waals surface area contributed by atoms with Gasteiger partial charge in [-0.3, -0.25) is 9.69 Å². The average molecular weight is 255 g/mol. The molecule has 3 N–H and O–H groups in total. The molecule has 1 unspecified atom stereocenters. The van der Waals surface area contributed by atoms with Crippen LogP contribution in [0.3, 0.4) is 0 Å². The lowest BCUT2D eigenvalue weighted by atomic mass is 10.3. The van der Waals surface area contributed by atoms with Crippen LogP contribution in [0.4, 0.5) is 5.13 Å². The first kappa shape index (κ1) is 12.3. The van der Waals surface area contributed by atoms with E-state index < -0.39 is 0 Å². The van der Waals surface area contributed by atoms with Crippen LogP contribution in [-0.4, -0.2) is 46.7 Å². The van der Waals surface area contributed by atoms with Crippen LogP contribution in [0, 0.1) is 0 Å². The molecule has 1 aromatic rings.